The number of carbonyl (C=O) groups excluding carboxylic acids is 1. The van der Waals surface area contributed by atoms with Crippen molar-refractivity contribution in [3.63, 3.8) is 0 Å². The van der Waals surface area contributed by atoms with Gasteiger partial charge in [-0.3, -0.25) is 4.79 Å². The van der Waals surface area contributed by atoms with Gasteiger partial charge in [0.15, 0.2) is 5.78 Å². The van der Waals surface area contributed by atoms with E-state index >= 15 is 0 Å². The first-order chi connectivity index (χ1) is 9.26. The van der Waals surface area contributed by atoms with Crippen LogP contribution in [0, 0.1) is 17.2 Å². The fourth-order valence-corrected chi connectivity index (χ4v) is 2.75. The average molecular weight is 257 g/mol. The van der Waals surface area contributed by atoms with Crippen molar-refractivity contribution in [1.82, 2.24) is 0 Å². The molecule has 19 heavy (non-hydrogen) atoms. The molecule has 2 rings (SSSR count). The maximum Gasteiger partial charge on any atom is 0.157 e. The highest BCUT2D eigenvalue weighted by Gasteiger charge is 2.29. The molecule has 100 valence electrons. The molecule has 1 aliphatic rings. The Morgan fingerprint density at radius 1 is 1.37 bits per heavy atom. The minimum atomic E-state index is -0.654. The maximum atomic E-state index is 12.5. The highest BCUT2D eigenvalue weighted by molar-refractivity contribution is 5.90. The number of benzene rings is 1. The lowest BCUT2D eigenvalue weighted by Crippen LogP contribution is -2.23. The van der Waals surface area contributed by atoms with Crippen LogP contribution in [0.3, 0.4) is 0 Å². The topological polar surface area (TPSA) is 50.1 Å². The molecule has 3 heteroatoms. The van der Waals surface area contributed by atoms with Gasteiger partial charge in [-0.1, -0.05) is 31.4 Å². The van der Waals surface area contributed by atoms with E-state index < -0.39 is 5.92 Å². The van der Waals surface area contributed by atoms with E-state index in [1.165, 1.54) is 6.42 Å². The van der Waals surface area contributed by atoms with E-state index in [2.05, 4.69) is 6.07 Å². The number of ether oxygens (including phenoxy) is 1. The van der Waals surface area contributed by atoms with Crippen molar-refractivity contribution >= 4 is 5.78 Å². The van der Waals surface area contributed by atoms with Gasteiger partial charge in [-0.25, -0.2) is 0 Å². The molecule has 0 aromatic heterocycles. The Kier molecular flexibility index (Phi) is 4.57. The van der Waals surface area contributed by atoms with E-state index in [0.29, 0.717) is 5.75 Å². The molecule has 0 radical (unpaired) electrons. The quantitative estimate of drug-likeness (QED) is 0.830. The van der Waals surface area contributed by atoms with Crippen LogP contribution in [-0.4, -0.2) is 12.9 Å². The van der Waals surface area contributed by atoms with Crippen LogP contribution in [0.25, 0.3) is 0 Å². The summed E-state index contributed by atoms with van der Waals surface area (Å²) >= 11 is 0. The van der Waals surface area contributed by atoms with Crippen LogP contribution in [0.4, 0.5) is 0 Å². The van der Waals surface area contributed by atoms with E-state index in [0.717, 1.165) is 31.2 Å². The molecule has 1 saturated carbocycles. The van der Waals surface area contributed by atoms with Gasteiger partial charge in [0.1, 0.15) is 11.7 Å². The molecule has 0 N–H and O–H groups in total. The molecule has 0 heterocycles. The Balaban J connectivity index is 2.18. The SMILES string of the molecule is COc1cccc(C(C#N)C(=O)C2CCCCC2)c1. The largest absolute Gasteiger partial charge is 0.497 e. The van der Waals surface area contributed by atoms with Crippen molar-refractivity contribution in [2.45, 2.75) is 38.0 Å². The van der Waals surface area contributed by atoms with E-state index in [1.807, 2.05) is 18.2 Å². The summed E-state index contributed by atoms with van der Waals surface area (Å²) in [5.74, 6) is 0.174. The molecule has 0 spiro atoms. The van der Waals surface area contributed by atoms with Crippen molar-refractivity contribution in [3.8, 4) is 11.8 Å². The number of carbonyl (C=O) groups is 1. The summed E-state index contributed by atoms with van der Waals surface area (Å²) in [6.45, 7) is 0. The molecule has 0 aliphatic heterocycles. The average Bonchev–Trinajstić information content (AvgIpc) is 2.49. The fraction of sp³-hybridized carbons (Fsp3) is 0.500. The molecule has 0 amide bonds. The zero-order valence-electron chi connectivity index (χ0n) is 11.3. The third-order valence-corrected chi connectivity index (χ3v) is 3.85. The zero-order valence-corrected chi connectivity index (χ0v) is 11.3. The Morgan fingerprint density at radius 3 is 2.74 bits per heavy atom. The van der Waals surface area contributed by atoms with Crippen LogP contribution in [0.2, 0.25) is 0 Å². The standard InChI is InChI=1S/C16H19NO2/c1-19-14-9-5-8-13(10-14)15(11-17)16(18)12-6-3-2-4-7-12/h5,8-10,12,15H,2-4,6-7H2,1H3. The second-order valence-corrected chi connectivity index (χ2v) is 5.08. The number of rotatable bonds is 4. The Bertz CT molecular complexity index is 484. The van der Waals surface area contributed by atoms with Gasteiger partial charge in [0.05, 0.1) is 13.2 Å². The van der Waals surface area contributed by atoms with Crippen molar-refractivity contribution in [2.75, 3.05) is 7.11 Å². The monoisotopic (exact) mass is 257 g/mol. The van der Waals surface area contributed by atoms with Crippen molar-refractivity contribution < 1.29 is 9.53 Å². The van der Waals surface area contributed by atoms with E-state index in [1.54, 1.807) is 13.2 Å². The lowest BCUT2D eigenvalue weighted by Gasteiger charge is -2.22. The summed E-state index contributed by atoms with van der Waals surface area (Å²) in [6.07, 6.45) is 5.28. The molecule has 1 atom stereocenters. The van der Waals surface area contributed by atoms with Gasteiger partial charge in [0, 0.05) is 5.92 Å². The van der Waals surface area contributed by atoms with Crippen molar-refractivity contribution in [2.24, 2.45) is 5.92 Å². The molecule has 3 nitrogen and oxygen atoms in total. The summed E-state index contributed by atoms with van der Waals surface area (Å²) in [4.78, 5) is 12.5. The molecular weight excluding hydrogens is 238 g/mol. The highest BCUT2D eigenvalue weighted by Crippen LogP contribution is 2.31. The van der Waals surface area contributed by atoms with Crippen LogP contribution >= 0.6 is 0 Å². The third kappa shape index (κ3) is 3.14. The molecular formula is C16H19NO2. The first-order valence-electron chi connectivity index (χ1n) is 6.83. The molecule has 1 fully saturated rings. The van der Waals surface area contributed by atoms with Crippen LogP contribution in [0.1, 0.15) is 43.6 Å². The Labute approximate surface area is 114 Å². The van der Waals surface area contributed by atoms with Gasteiger partial charge >= 0.3 is 0 Å². The third-order valence-electron chi connectivity index (χ3n) is 3.85. The zero-order chi connectivity index (χ0) is 13.7. The normalized spacial score (nSPS) is 17.5. The van der Waals surface area contributed by atoms with E-state index in [4.69, 9.17) is 4.74 Å². The van der Waals surface area contributed by atoms with Gasteiger partial charge in [0.2, 0.25) is 0 Å². The first-order valence-corrected chi connectivity index (χ1v) is 6.83. The summed E-state index contributed by atoms with van der Waals surface area (Å²) in [6, 6.07) is 9.43. The first kappa shape index (κ1) is 13.6. The smallest absolute Gasteiger partial charge is 0.157 e. The number of nitrogens with zero attached hydrogens (tertiary/aromatic N) is 1. The van der Waals surface area contributed by atoms with Crippen LogP contribution in [-0.2, 0) is 4.79 Å². The molecule has 0 saturated heterocycles. The van der Waals surface area contributed by atoms with Gasteiger partial charge in [-0.05, 0) is 30.5 Å². The Hall–Kier alpha value is -1.82. The molecule has 1 aromatic carbocycles. The van der Waals surface area contributed by atoms with Crippen molar-refractivity contribution in [1.29, 1.82) is 5.26 Å². The summed E-state index contributed by atoms with van der Waals surface area (Å²) in [5, 5.41) is 9.33. The maximum absolute atomic E-state index is 12.5. The molecule has 1 unspecified atom stereocenters. The number of ketones is 1. The highest BCUT2D eigenvalue weighted by atomic mass is 16.5. The number of methoxy groups -OCH3 is 1. The minimum absolute atomic E-state index is 0.0598. The predicted molar refractivity (Wildman–Crippen MR) is 72.9 cm³/mol. The Morgan fingerprint density at radius 2 is 2.11 bits per heavy atom. The summed E-state index contributed by atoms with van der Waals surface area (Å²) in [7, 11) is 1.59. The van der Waals surface area contributed by atoms with Crippen LogP contribution in [0.15, 0.2) is 24.3 Å². The van der Waals surface area contributed by atoms with Crippen molar-refractivity contribution in [3.05, 3.63) is 29.8 Å². The van der Waals surface area contributed by atoms with Gasteiger partial charge in [-0.15, -0.1) is 0 Å². The molecule has 0 bridgehead atoms. The van der Waals surface area contributed by atoms with Crippen LogP contribution < -0.4 is 4.74 Å². The van der Waals surface area contributed by atoms with Gasteiger partial charge in [0.25, 0.3) is 0 Å². The lowest BCUT2D eigenvalue weighted by molar-refractivity contribution is -0.124. The van der Waals surface area contributed by atoms with Gasteiger partial charge < -0.3 is 4.74 Å². The summed E-state index contributed by atoms with van der Waals surface area (Å²) < 4.78 is 5.15. The second-order valence-electron chi connectivity index (χ2n) is 5.08. The molecule has 1 aliphatic carbocycles. The minimum Gasteiger partial charge on any atom is -0.497 e. The van der Waals surface area contributed by atoms with Gasteiger partial charge in [-0.2, -0.15) is 5.26 Å². The second kappa shape index (κ2) is 6.38. The number of nitriles is 1. The summed E-state index contributed by atoms with van der Waals surface area (Å²) in [5.41, 5.74) is 0.748. The van der Waals surface area contributed by atoms with E-state index in [-0.39, 0.29) is 11.7 Å². The van der Waals surface area contributed by atoms with E-state index in [9.17, 15) is 10.1 Å². The number of Topliss-reactive ketones (excluding diaryl/α,β-unsaturated/α-hetero) is 1. The lowest BCUT2D eigenvalue weighted by atomic mass is 9.80. The molecule has 1 aromatic rings. The number of hydrogen-bond acceptors (Lipinski definition) is 3. The number of hydrogen-bond donors (Lipinski definition) is 0. The fourth-order valence-electron chi connectivity index (χ4n) is 2.75. The van der Waals surface area contributed by atoms with Crippen LogP contribution in [0.5, 0.6) is 5.75 Å². The predicted octanol–water partition coefficient (Wildman–Crippen LogP) is 3.45.